The van der Waals surface area contributed by atoms with Gasteiger partial charge < -0.3 is 4.74 Å². The van der Waals surface area contributed by atoms with Crippen LogP contribution < -0.4 is 9.46 Å². The molecule has 6 heteroatoms. The van der Waals surface area contributed by atoms with Crippen molar-refractivity contribution in [2.45, 2.75) is 12.2 Å². The number of sulfonamides is 1. The van der Waals surface area contributed by atoms with Gasteiger partial charge in [0.25, 0.3) is 0 Å². The molecule has 0 fully saturated rings. The number of anilines is 1. The van der Waals surface area contributed by atoms with Crippen LogP contribution in [-0.4, -0.2) is 13.7 Å². The lowest BCUT2D eigenvalue weighted by atomic mass is 10.3. The van der Waals surface area contributed by atoms with Crippen LogP contribution in [0.5, 0.6) is 11.5 Å². The SMILES string of the molecule is CC(C#N)S(=O)(=O)Nc1ccc(Oc2ccccc2)cc1. The second-order valence-electron chi connectivity index (χ2n) is 4.36. The second kappa shape index (κ2) is 6.29. The average Bonchev–Trinajstić information content (AvgIpc) is 2.49. The lowest BCUT2D eigenvalue weighted by Crippen LogP contribution is -2.23. The molecule has 21 heavy (non-hydrogen) atoms. The minimum absolute atomic E-state index is 0.387. The first-order valence-corrected chi connectivity index (χ1v) is 7.80. The molecule has 0 aromatic heterocycles. The van der Waals surface area contributed by atoms with Gasteiger partial charge in [-0.25, -0.2) is 8.42 Å². The first-order chi connectivity index (χ1) is 10.0. The number of ether oxygens (including phenoxy) is 1. The van der Waals surface area contributed by atoms with Gasteiger partial charge in [0.2, 0.25) is 10.0 Å². The Balaban J connectivity index is 2.08. The standard InChI is InChI=1S/C15H14N2O3S/c1-12(11-16)21(18,19)17-13-7-9-15(10-8-13)20-14-5-3-2-4-6-14/h2-10,12,17H,1H3. The van der Waals surface area contributed by atoms with Crippen LogP contribution in [0.15, 0.2) is 54.6 Å². The predicted molar refractivity (Wildman–Crippen MR) is 80.6 cm³/mol. The van der Waals surface area contributed by atoms with E-state index in [1.807, 2.05) is 30.3 Å². The average molecular weight is 302 g/mol. The van der Waals surface area contributed by atoms with E-state index in [9.17, 15) is 8.42 Å². The first kappa shape index (κ1) is 14.9. The molecule has 0 amide bonds. The van der Waals surface area contributed by atoms with E-state index in [0.29, 0.717) is 17.2 Å². The largest absolute Gasteiger partial charge is 0.457 e. The molecule has 5 nitrogen and oxygen atoms in total. The molecule has 0 bridgehead atoms. The van der Waals surface area contributed by atoms with E-state index in [-0.39, 0.29) is 0 Å². The fourth-order valence-corrected chi connectivity index (χ4v) is 2.32. The monoisotopic (exact) mass is 302 g/mol. The Morgan fingerprint density at radius 2 is 1.62 bits per heavy atom. The highest BCUT2D eigenvalue weighted by Crippen LogP contribution is 2.23. The summed E-state index contributed by atoms with van der Waals surface area (Å²) in [6.07, 6.45) is 0. The second-order valence-corrected chi connectivity index (χ2v) is 6.36. The van der Waals surface area contributed by atoms with Gasteiger partial charge in [0, 0.05) is 5.69 Å². The van der Waals surface area contributed by atoms with E-state index in [0.717, 1.165) is 0 Å². The summed E-state index contributed by atoms with van der Waals surface area (Å²) in [5.41, 5.74) is 0.387. The van der Waals surface area contributed by atoms with Crippen LogP contribution >= 0.6 is 0 Å². The van der Waals surface area contributed by atoms with E-state index >= 15 is 0 Å². The number of nitrogens with one attached hydrogen (secondary N) is 1. The van der Waals surface area contributed by atoms with E-state index in [4.69, 9.17) is 10.00 Å². The van der Waals surface area contributed by atoms with Crippen molar-refractivity contribution in [1.29, 1.82) is 5.26 Å². The molecule has 0 saturated heterocycles. The van der Waals surface area contributed by atoms with Crippen LogP contribution in [0.3, 0.4) is 0 Å². The number of hydrogen-bond acceptors (Lipinski definition) is 4. The molecule has 0 aliphatic carbocycles. The van der Waals surface area contributed by atoms with Crippen molar-refractivity contribution >= 4 is 15.7 Å². The maximum Gasteiger partial charge on any atom is 0.248 e. The number of benzene rings is 2. The van der Waals surface area contributed by atoms with Gasteiger partial charge in [-0.15, -0.1) is 0 Å². The topological polar surface area (TPSA) is 79.2 Å². The molecule has 2 aromatic carbocycles. The Hall–Kier alpha value is -2.52. The zero-order valence-corrected chi connectivity index (χ0v) is 12.2. The Labute approximate surface area is 123 Å². The number of nitriles is 1. The molecule has 2 rings (SSSR count). The third-order valence-electron chi connectivity index (χ3n) is 2.74. The van der Waals surface area contributed by atoms with Gasteiger partial charge >= 0.3 is 0 Å². The van der Waals surface area contributed by atoms with Gasteiger partial charge in [-0.2, -0.15) is 5.26 Å². The summed E-state index contributed by atoms with van der Waals surface area (Å²) in [5, 5.41) is 7.55. The molecule has 1 N–H and O–H groups in total. The van der Waals surface area contributed by atoms with E-state index in [1.165, 1.54) is 6.92 Å². The molecular weight excluding hydrogens is 288 g/mol. The number of para-hydroxylation sites is 1. The van der Waals surface area contributed by atoms with Crippen molar-refractivity contribution in [2.24, 2.45) is 0 Å². The normalized spacial score (nSPS) is 12.2. The highest BCUT2D eigenvalue weighted by molar-refractivity contribution is 7.93. The minimum atomic E-state index is -3.69. The number of rotatable bonds is 5. The molecule has 0 saturated carbocycles. The zero-order valence-electron chi connectivity index (χ0n) is 11.4. The maximum absolute atomic E-state index is 11.7. The van der Waals surface area contributed by atoms with Crippen LogP contribution in [-0.2, 0) is 10.0 Å². The predicted octanol–water partition coefficient (Wildman–Crippen LogP) is 3.13. The van der Waals surface area contributed by atoms with Crippen LogP contribution in [0, 0.1) is 11.3 Å². The summed E-state index contributed by atoms with van der Waals surface area (Å²) in [6, 6.07) is 17.4. The van der Waals surface area contributed by atoms with Crippen molar-refractivity contribution in [2.75, 3.05) is 4.72 Å². The fraction of sp³-hybridized carbons (Fsp3) is 0.133. The molecular formula is C15H14N2O3S. The molecule has 108 valence electrons. The summed E-state index contributed by atoms with van der Waals surface area (Å²) in [5.74, 6) is 1.29. The first-order valence-electron chi connectivity index (χ1n) is 6.25. The van der Waals surface area contributed by atoms with E-state index < -0.39 is 15.3 Å². The third kappa shape index (κ3) is 3.97. The van der Waals surface area contributed by atoms with Crippen molar-refractivity contribution < 1.29 is 13.2 Å². The lowest BCUT2D eigenvalue weighted by molar-refractivity contribution is 0.483. The highest BCUT2D eigenvalue weighted by atomic mass is 32.2. The van der Waals surface area contributed by atoms with E-state index in [2.05, 4.69) is 4.72 Å². The molecule has 0 aliphatic heterocycles. The minimum Gasteiger partial charge on any atom is -0.457 e. The van der Waals surface area contributed by atoms with Gasteiger partial charge in [-0.05, 0) is 43.3 Å². The van der Waals surface area contributed by atoms with Gasteiger partial charge in [-0.3, -0.25) is 4.72 Å². The highest BCUT2D eigenvalue weighted by Gasteiger charge is 2.19. The number of nitrogens with zero attached hydrogens (tertiary/aromatic N) is 1. The summed E-state index contributed by atoms with van der Waals surface area (Å²) in [7, 11) is -3.69. The molecule has 1 unspecified atom stereocenters. The van der Waals surface area contributed by atoms with Crippen molar-refractivity contribution in [1.82, 2.24) is 0 Å². The molecule has 0 heterocycles. The molecule has 2 aromatic rings. The van der Waals surface area contributed by atoms with Crippen molar-refractivity contribution in [3.05, 3.63) is 54.6 Å². The molecule has 0 radical (unpaired) electrons. The van der Waals surface area contributed by atoms with Crippen LogP contribution in [0.1, 0.15) is 6.92 Å². The molecule has 0 aliphatic rings. The quantitative estimate of drug-likeness (QED) is 0.920. The summed E-state index contributed by atoms with van der Waals surface area (Å²) < 4.78 is 31.4. The molecule has 0 spiro atoms. The van der Waals surface area contributed by atoms with Crippen LogP contribution in [0.4, 0.5) is 5.69 Å². The van der Waals surface area contributed by atoms with Crippen molar-refractivity contribution in [3.8, 4) is 17.6 Å². The summed E-state index contributed by atoms with van der Waals surface area (Å²) in [6.45, 7) is 1.33. The van der Waals surface area contributed by atoms with Gasteiger partial charge in [0.05, 0.1) is 6.07 Å². The van der Waals surface area contributed by atoms with Crippen molar-refractivity contribution in [3.63, 3.8) is 0 Å². The number of hydrogen-bond donors (Lipinski definition) is 1. The smallest absolute Gasteiger partial charge is 0.248 e. The Morgan fingerprint density at radius 1 is 1.05 bits per heavy atom. The molecule has 1 atom stereocenters. The zero-order chi connectivity index (χ0) is 15.3. The van der Waals surface area contributed by atoms with Crippen LogP contribution in [0.25, 0.3) is 0 Å². The third-order valence-corrected chi connectivity index (χ3v) is 4.30. The summed E-state index contributed by atoms with van der Waals surface area (Å²) >= 11 is 0. The Kier molecular flexibility index (Phi) is 4.45. The maximum atomic E-state index is 11.7. The van der Waals surface area contributed by atoms with Gasteiger partial charge in [0.1, 0.15) is 11.5 Å². The Bertz CT molecular complexity index is 735. The van der Waals surface area contributed by atoms with Crippen LogP contribution in [0.2, 0.25) is 0 Å². The Morgan fingerprint density at radius 3 is 2.19 bits per heavy atom. The van der Waals surface area contributed by atoms with E-state index in [1.54, 1.807) is 30.3 Å². The summed E-state index contributed by atoms with van der Waals surface area (Å²) in [4.78, 5) is 0. The van der Waals surface area contributed by atoms with Gasteiger partial charge in [-0.1, -0.05) is 18.2 Å². The van der Waals surface area contributed by atoms with Gasteiger partial charge in [0.15, 0.2) is 5.25 Å². The lowest BCUT2D eigenvalue weighted by Gasteiger charge is -2.10. The fourth-order valence-electron chi connectivity index (χ4n) is 1.54.